The molecule has 7 nitrogen and oxygen atoms in total. The number of amides is 3. The van der Waals surface area contributed by atoms with E-state index >= 15 is 0 Å². The third kappa shape index (κ3) is 4.91. The lowest BCUT2D eigenvalue weighted by Gasteiger charge is -2.25. The number of nitrogens with zero attached hydrogens (tertiary/aromatic N) is 1. The molecule has 7 heteroatoms. The summed E-state index contributed by atoms with van der Waals surface area (Å²) in [7, 11) is 0. The molecule has 3 amide bonds. The SMILES string of the molecule is CC(C)CN(CC(N)=O)C(=O)NC1C=CC(C(=O)O)C1. The Labute approximate surface area is 117 Å². The third-order valence-corrected chi connectivity index (χ3v) is 2.93. The van der Waals surface area contributed by atoms with Crippen molar-refractivity contribution in [1.29, 1.82) is 0 Å². The summed E-state index contributed by atoms with van der Waals surface area (Å²) in [6.45, 7) is 4.12. The number of carbonyl (C=O) groups excluding carboxylic acids is 2. The number of urea groups is 1. The smallest absolute Gasteiger partial charge is 0.318 e. The van der Waals surface area contributed by atoms with Crippen LogP contribution in [0.4, 0.5) is 4.79 Å². The van der Waals surface area contributed by atoms with Gasteiger partial charge in [-0.3, -0.25) is 9.59 Å². The maximum Gasteiger partial charge on any atom is 0.318 e. The monoisotopic (exact) mass is 283 g/mol. The molecule has 0 aromatic heterocycles. The number of carboxylic acid groups (broad SMARTS) is 1. The zero-order valence-electron chi connectivity index (χ0n) is 11.7. The first kappa shape index (κ1) is 16.0. The van der Waals surface area contributed by atoms with Crippen LogP contribution in [0, 0.1) is 11.8 Å². The molecular weight excluding hydrogens is 262 g/mol. The zero-order valence-corrected chi connectivity index (χ0v) is 11.7. The van der Waals surface area contributed by atoms with Crippen molar-refractivity contribution in [1.82, 2.24) is 10.2 Å². The molecule has 2 unspecified atom stereocenters. The molecule has 2 atom stereocenters. The molecule has 0 bridgehead atoms. The van der Waals surface area contributed by atoms with E-state index in [-0.39, 0.29) is 18.5 Å². The van der Waals surface area contributed by atoms with Crippen molar-refractivity contribution in [2.45, 2.75) is 26.3 Å². The fraction of sp³-hybridized carbons (Fsp3) is 0.615. The maximum atomic E-state index is 12.1. The highest BCUT2D eigenvalue weighted by molar-refractivity contribution is 5.83. The molecule has 1 aliphatic rings. The largest absolute Gasteiger partial charge is 0.481 e. The highest BCUT2D eigenvalue weighted by Crippen LogP contribution is 2.18. The number of nitrogens with one attached hydrogen (secondary N) is 1. The number of hydrogen-bond acceptors (Lipinski definition) is 3. The van der Waals surface area contributed by atoms with Gasteiger partial charge >= 0.3 is 12.0 Å². The highest BCUT2D eigenvalue weighted by Gasteiger charge is 2.27. The van der Waals surface area contributed by atoms with Gasteiger partial charge in [0.25, 0.3) is 0 Å². The first-order valence-corrected chi connectivity index (χ1v) is 6.54. The van der Waals surface area contributed by atoms with Gasteiger partial charge in [-0.1, -0.05) is 26.0 Å². The van der Waals surface area contributed by atoms with Crippen LogP contribution in [0.5, 0.6) is 0 Å². The summed E-state index contributed by atoms with van der Waals surface area (Å²) in [5.41, 5.74) is 5.12. The van der Waals surface area contributed by atoms with E-state index in [4.69, 9.17) is 10.8 Å². The Bertz CT molecular complexity index is 420. The van der Waals surface area contributed by atoms with E-state index in [1.807, 2.05) is 13.8 Å². The van der Waals surface area contributed by atoms with Gasteiger partial charge in [-0.15, -0.1) is 0 Å². The first-order valence-electron chi connectivity index (χ1n) is 6.54. The summed E-state index contributed by atoms with van der Waals surface area (Å²) in [6.07, 6.45) is 3.55. The van der Waals surface area contributed by atoms with Crippen LogP contribution in [-0.4, -0.2) is 47.0 Å². The number of primary amides is 1. The molecule has 20 heavy (non-hydrogen) atoms. The molecule has 0 aromatic rings. The lowest BCUT2D eigenvalue weighted by molar-refractivity contribution is -0.140. The van der Waals surface area contributed by atoms with Gasteiger partial charge in [0.1, 0.15) is 6.54 Å². The van der Waals surface area contributed by atoms with Gasteiger partial charge in [0.05, 0.1) is 12.0 Å². The van der Waals surface area contributed by atoms with Crippen LogP contribution in [0.15, 0.2) is 12.2 Å². The molecule has 0 saturated carbocycles. The van der Waals surface area contributed by atoms with Gasteiger partial charge in [-0.2, -0.15) is 0 Å². The Hall–Kier alpha value is -2.05. The quantitative estimate of drug-likeness (QED) is 0.603. The van der Waals surface area contributed by atoms with Crippen molar-refractivity contribution < 1.29 is 19.5 Å². The second-order valence-corrected chi connectivity index (χ2v) is 5.36. The number of carboxylic acids is 1. The average Bonchev–Trinajstić information content (AvgIpc) is 2.75. The molecule has 0 heterocycles. The van der Waals surface area contributed by atoms with Gasteiger partial charge in [-0.05, 0) is 12.3 Å². The summed E-state index contributed by atoms with van der Waals surface area (Å²) in [5.74, 6) is -1.86. The Morgan fingerprint density at radius 2 is 2.05 bits per heavy atom. The molecule has 0 aliphatic heterocycles. The molecule has 0 saturated heterocycles. The number of carbonyl (C=O) groups is 3. The van der Waals surface area contributed by atoms with Crippen molar-refractivity contribution in [3.8, 4) is 0 Å². The third-order valence-electron chi connectivity index (χ3n) is 2.93. The molecule has 1 rings (SSSR count). The van der Waals surface area contributed by atoms with E-state index in [0.717, 1.165) is 0 Å². The van der Waals surface area contributed by atoms with Crippen LogP contribution in [0.25, 0.3) is 0 Å². The van der Waals surface area contributed by atoms with Crippen LogP contribution in [0.1, 0.15) is 20.3 Å². The van der Waals surface area contributed by atoms with Crippen molar-refractivity contribution in [3.05, 3.63) is 12.2 Å². The summed E-state index contributed by atoms with van der Waals surface area (Å²) in [4.78, 5) is 35.2. The number of nitrogens with two attached hydrogens (primary N) is 1. The number of hydrogen-bond donors (Lipinski definition) is 3. The van der Waals surface area contributed by atoms with Crippen LogP contribution in [0.2, 0.25) is 0 Å². The Balaban J connectivity index is 2.56. The minimum atomic E-state index is -0.908. The summed E-state index contributed by atoms with van der Waals surface area (Å²) >= 11 is 0. The Kier molecular flexibility index (Phi) is 5.54. The molecule has 1 aliphatic carbocycles. The van der Waals surface area contributed by atoms with Gasteiger partial charge in [0.15, 0.2) is 0 Å². The summed E-state index contributed by atoms with van der Waals surface area (Å²) in [5, 5.41) is 11.6. The zero-order chi connectivity index (χ0) is 15.3. The van der Waals surface area contributed by atoms with Crippen molar-refractivity contribution >= 4 is 17.9 Å². The van der Waals surface area contributed by atoms with E-state index < -0.39 is 23.8 Å². The maximum absolute atomic E-state index is 12.1. The molecule has 4 N–H and O–H groups in total. The van der Waals surface area contributed by atoms with E-state index in [9.17, 15) is 14.4 Å². The van der Waals surface area contributed by atoms with Gasteiger partial charge < -0.3 is 21.1 Å². The fourth-order valence-corrected chi connectivity index (χ4v) is 2.09. The van der Waals surface area contributed by atoms with E-state index in [2.05, 4.69) is 5.32 Å². The standard InChI is InChI=1S/C13H21N3O4/c1-8(2)6-16(7-11(14)17)13(20)15-10-4-3-9(5-10)12(18)19/h3-4,8-10H,5-7H2,1-2H3,(H2,14,17)(H,15,20)(H,18,19). The van der Waals surface area contributed by atoms with Gasteiger partial charge in [0, 0.05) is 6.54 Å². The minimum absolute atomic E-state index is 0.150. The number of aliphatic carboxylic acids is 1. The second kappa shape index (κ2) is 6.93. The molecule has 112 valence electrons. The van der Waals surface area contributed by atoms with E-state index in [1.54, 1.807) is 12.2 Å². The molecule has 0 fully saturated rings. The van der Waals surface area contributed by atoms with Crippen LogP contribution in [0.3, 0.4) is 0 Å². The van der Waals surface area contributed by atoms with Crippen molar-refractivity contribution in [3.63, 3.8) is 0 Å². The lowest BCUT2D eigenvalue weighted by Crippen LogP contribution is -2.48. The summed E-state index contributed by atoms with van der Waals surface area (Å²) in [6, 6.07) is -0.732. The predicted octanol–water partition coefficient (Wildman–Crippen LogP) is 0.169. The second-order valence-electron chi connectivity index (χ2n) is 5.36. The highest BCUT2D eigenvalue weighted by atomic mass is 16.4. The fourth-order valence-electron chi connectivity index (χ4n) is 2.09. The van der Waals surface area contributed by atoms with Crippen LogP contribution in [-0.2, 0) is 9.59 Å². The van der Waals surface area contributed by atoms with E-state index in [1.165, 1.54) is 4.90 Å². The van der Waals surface area contributed by atoms with Crippen molar-refractivity contribution in [2.24, 2.45) is 17.6 Å². The van der Waals surface area contributed by atoms with E-state index in [0.29, 0.717) is 13.0 Å². The topological polar surface area (TPSA) is 113 Å². The predicted molar refractivity (Wildman–Crippen MR) is 72.8 cm³/mol. The molecular formula is C13H21N3O4. The Morgan fingerprint density at radius 1 is 1.40 bits per heavy atom. The molecule has 0 aromatic carbocycles. The van der Waals surface area contributed by atoms with Crippen LogP contribution < -0.4 is 11.1 Å². The summed E-state index contributed by atoms with van der Waals surface area (Å²) < 4.78 is 0. The van der Waals surface area contributed by atoms with Crippen LogP contribution >= 0.6 is 0 Å². The van der Waals surface area contributed by atoms with Gasteiger partial charge in [-0.25, -0.2) is 4.79 Å². The number of rotatable bonds is 6. The minimum Gasteiger partial charge on any atom is -0.481 e. The normalized spacial score (nSPS) is 20.9. The Morgan fingerprint density at radius 3 is 2.50 bits per heavy atom. The van der Waals surface area contributed by atoms with Gasteiger partial charge in [0.2, 0.25) is 5.91 Å². The lowest BCUT2D eigenvalue weighted by atomic mass is 10.1. The molecule has 0 radical (unpaired) electrons. The first-order chi connectivity index (χ1) is 9.29. The average molecular weight is 283 g/mol. The molecule has 0 spiro atoms. The van der Waals surface area contributed by atoms with Crippen molar-refractivity contribution in [2.75, 3.05) is 13.1 Å².